The highest BCUT2D eigenvalue weighted by molar-refractivity contribution is 7.98. The Kier molecular flexibility index (Phi) is 10.2. The number of halogens is 4. The van der Waals surface area contributed by atoms with Gasteiger partial charge in [0.15, 0.2) is 11.9 Å². The molecular weight excluding hydrogens is 726 g/mol. The minimum absolute atomic E-state index is 0.0408. The van der Waals surface area contributed by atoms with E-state index in [2.05, 4.69) is 20.0 Å². The minimum atomic E-state index is -4.67. The van der Waals surface area contributed by atoms with Crippen LogP contribution in [0.1, 0.15) is 43.5 Å². The Hall–Kier alpha value is -3.28. The number of aliphatic hydroxyl groups excluding tert-OH is 1. The number of hydrogen-bond acceptors (Lipinski definition) is 12. The molecule has 19 heteroatoms. The van der Waals surface area contributed by atoms with E-state index in [-0.39, 0.29) is 24.2 Å². The van der Waals surface area contributed by atoms with Crippen LogP contribution >= 0.6 is 31.1 Å². The zero-order valence-corrected chi connectivity index (χ0v) is 29.0. The van der Waals surface area contributed by atoms with Crippen LogP contribution in [0.2, 0.25) is 5.02 Å². The normalized spacial score (nSPS) is 24.4. The van der Waals surface area contributed by atoms with Crippen LogP contribution in [-0.4, -0.2) is 71.9 Å². The van der Waals surface area contributed by atoms with Crippen molar-refractivity contribution in [3.05, 3.63) is 77.3 Å². The van der Waals surface area contributed by atoms with Crippen molar-refractivity contribution in [3.8, 4) is 5.75 Å². The number of thioether (sulfide) groups is 1. The predicted molar refractivity (Wildman–Crippen MR) is 174 cm³/mol. The molecule has 4 aromatic rings. The summed E-state index contributed by atoms with van der Waals surface area (Å²) in [6.07, 6.45) is -3.47. The molecule has 268 valence electrons. The van der Waals surface area contributed by atoms with Gasteiger partial charge >= 0.3 is 19.9 Å². The number of alkyl halides is 3. The first kappa shape index (κ1) is 36.5. The van der Waals surface area contributed by atoms with E-state index < -0.39 is 68.2 Å². The van der Waals surface area contributed by atoms with E-state index in [9.17, 15) is 32.7 Å². The third-order valence-electron chi connectivity index (χ3n) is 8.60. The fraction of sp³-hybridized carbons (Fsp3) is 0.419. The van der Waals surface area contributed by atoms with E-state index in [1.807, 2.05) is 6.26 Å². The number of hydrogen-bond donors (Lipinski definition) is 3. The van der Waals surface area contributed by atoms with Gasteiger partial charge in [-0.2, -0.15) is 18.3 Å². The van der Waals surface area contributed by atoms with E-state index in [1.165, 1.54) is 78.4 Å². The summed E-state index contributed by atoms with van der Waals surface area (Å²) < 4.78 is 79.5. The molecule has 3 N–H and O–H groups in total. The van der Waals surface area contributed by atoms with Gasteiger partial charge in [0.1, 0.15) is 52.6 Å². The van der Waals surface area contributed by atoms with Crippen LogP contribution in [0, 0.1) is 0 Å². The molecule has 5 atom stereocenters. The Morgan fingerprint density at radius 1 is 1.18 bits per heavy atom. The van der Waals surface area contributed by atoms with Crippen molar-refractivity contribution in [1.29, 1.82) is 0 Å². The molecule has 2 aliphatic rings. The lowest BCUT2D eigenvalue weighted by Crippen LogP contribution is -2.57. The van der Waals surface area contributed by atoms with E-state index in [1.54, 1.807) is 0 Å². The number of rotatable bonds is 12. The first-order valence-corrected chi connectivity index (χ1v) is 18.4. The van der Waals surface area contributed by atoms with Crippen LogP contribution in [0.3, 0.4) is 0 Å². The number of fused-ring (bicyclic) bond motifs is 1. The summed E-state index contributed by atoms with van der Waals surface area (Å²) in [5, 5.41) is 26.2. The first-order chi connectivity index (χ1) is 23.7. The number of ether oxygens (including phenoxy) is 2. The number of aromatic nitrogens is 4. The molecule has 50 heavy (non-hydrogen) atoms. The molecule has 1 saturated carbocycles. The van der Waals surface area contributed by atoms with Crippen LogP contribution < -0.4 is 9.61 Å². The molecular formula is C31H32ClF3N5O8PS. The van der Waals surface area contributed by atoms with Crippen LogP contribution in [0.5, 0.6) is 5.75 Å². The molecule has 2 fully saturated rings. The number of benzene rings is 2. The van der Waals surface area contributed by atoms with E-state index in [4.69, 9.17) is 30.1 Å². The highest BCUT2D eigenvalue weighted by Gasteiger charge is 2.56. The summed E-state index contributed by atoms with van der Waals surface area (Å²) in [4.78, 5) is 26.2. The van der Waals surface area contributed by atoms with Crippen LogP contribution in [0.15, 0.2) is 66.2 Å². The molecule has 1 saturated heterocycles. The number of esters is 1. The molecule has 0 spiro atoms. The molecule has 1 aliphatic carbocycles. The van der Waals surface area contributed by atoms with E-state index in [0.29, 0.717) is 27.6 Å². The van der Waals surface area contributed by atoms with Crippen molar-refractivity contribution in [2.24, 2.45) is 0 Å². The summed E-state index contributed by atoms with van der Waals surface area (Å²) in [5.41, 5.74) is -3.96. The van der Waals surface area contributed by atoms with Crippen molar-refractivity contribution >= 4 is 48.2 Å². The molecule has 6 rings (SSSR count). The predicted octanol–water partition coefficient (Wildman–Crippen LogP) is 5.69. The summed E-state index contributed by atoms with van der Waals surface area (Å²) in [5.74, 6) is -0.915. The molecule has 3 unspecified atom stereocenters. The topological polar surface area (TPSA) is 167 Å². The first-order valence-electron chi connectivity index (χ1n) is 15.2. The van der Waals surface area contributed by atoms with Gasteiger partial charge in [-0.3, -0.25) is 13.9 Å². The lowest BCUT2D eigenvalue weighted by molar-refractivity contribution is -0.157. The van der Waals surface area contributed by atoms with Gasteiger partial charge in [0.2, 0.25) is 0 Å². The second-order valence-electron chi connectivity index (χ2n) is 12.0. The zero-order chi connectivity index (χ0) is 35.9. The summed E-state index contributed by atoms with van der Waals surface area (Å²) in [6, 6.07) is 10.5. The van der Waals surface area contributed by atoms with Crippen LogP contribution in [-0.2, 0) is 36.1 Å². The van der Waals surface area contributed by atoms with E-state index in [0.717, 1.165) is 6.07 Å². The quantitative estimate of drug-likeness (QED) is 0.0699. The second kappa shape index (κ2) is 14.0. The smallest absolute Gasteiger partial charge is 0.459 e. The Labute approximate surface area is 293 Å². The Morgan fingerprint density at radius 2 is 1.90 bits per heavy atom. The number of aliphatic hydroxyl groups is 2. The number of imidazole rings is 1. The summed E-state index contributed by atoms with van der Waals surface area (Å²) >= 11 is 7.35. The maximum absolute atomic E-state index is 14.4. The Bertz CT molecular complexity index is 1910. The van der Waals surface area contributed by atoms with E-state index >= 15 is 0 Å². The highest BCUT2D eigenvalue weighted by atomic mass is 35.5. The minimum Gasteiger partial charge on any atom is -0.459 e. The number of nitrogens with one attached hydrogen (secondary N) is 1. The Morgan fingerprint density at radius 3 is 2.56 bits per heavy atom. The van der Waals surface area contributed by atoms with Crippen molar-refractivity contribution in [1.82, 2.24) is 24.6 Å². The maximum atomic E-state index is 14.4. The zero-order valence-electron chi connectivity index (χ0n) is 26.5. The SMILES string of the molecule is CSc1ncnc2c1ncn2C1OC(COP(=O)(NC2(C(=O)OCc3ccccc3C(F)(F)F)CCC2)Oc2ccc(Cl)cc2)[C@@H](O)[C@@]1(C)O. The number of carbonyl (C=O) groups excluding carboxylic acids is 1. The van der Waals surface area contributed by atoms with Gasteiger partial charge in [0, 0.05) is 10.6 Å². The summed E-state index contributed by atoms with van der Waals surface area (Å²) in [6.45, 7) is 0.0582. The lowest BCUT2D eigenvalue weighted by atomic mass is 9.78. The monoisotopic (exact) mass is 757 g/mol. The molecule has 2 aromatic heterocycles. The van der Waals surface area contributed by atoms with Crippen molar-refractivity contribution in [2.75, 3.05) is 12.9 Å². The largest absolute Gasteiger partial charge is 0.459 e. The molecule has 0 amide bonds. The average Bonchev–Trinajstić information content (AvgIpc) is 3.59. The fourth-order valence-corrected chi connectivity index (χ4v) is 8.13. The van der Waals surface area contributed by atoms with Crippen LogP contribution in [0.4, 0.5) is 13.2 Å². The van der Waals surface area contributed by atoms with Gasteiger partial charge in [-0.25, -0.2) is 19.5 Å². The third kappa shape index (κ3) is 7.23. The lowest BCUT2D eigenvalue weighted by Gasteiger charge is -2.41. The van der Waals surface area contributed by atoms with Gasteiger partial charge in [0.25, 0.3) is 0 Å². The maximum Gasteiger partial charge on any atom is 0.459 e. The molecule has 3 heterocycles. The van der Waals surface area contributed by atoms with Crippen molar-refractivity contribution in [2.45, 2.75) is 73.6 Å². The second-order valence-corrected chi connectivity index (χ2v) is 14.9. The van der Waals surface area contributed by atoms with Gasteiger partial charge in [-0.15, -0.1) is 11.8 Å². The average molecular weight is 758 g/mol. The molecule has 2 aromatic carbocycles. The van der Waals surface area contributed by atoms with Crippen molar-refractivity contribution in [3.63, 3.8) is 0 Å². The van der Waals surface area contributed by atoms with Gasteiger partial charge in [-0.05, 0) is 62.8 Å². The van der Waals surface area contributed by atoms with Crippen LogP contribution in [0.25, 0.3) is 11.2 Å². The standard InChI is InChI=1S/C31H32ClF3N5O8PS/c1-29(43)24(41)22(47-27(29)40-17-38-23-25(40)36-16-37-26(23)50-2)15-46-49(44,48-20-10-8-19(32)9-11-20)39-30(12-5-13-30)28(42)45-14-18-6-3-4-7-21(18)31(33,34)35/h3-4,6-11,16-17,22,24,27,41,43H,5,12-15H2,1-2H3,(H,39,44)/t22?,24-,27?,29-,49?/m1/s1. The molecule has 1 aliphatic heterocycles. The Balaban J connectivity index is 1.22. The summed E-state index contributed by atoms with van der Waals surface area (Å²) in [7, 11) is -4.57. The third-order valence-corrected chi connectivity index (χ3v) is 11.2. The van der Waals surface area contributed by atoms with Gasteiger partial charge in [0.05, 0.1) is 18.5 Å². The molecule has 13 nitrogen and oxygen atoms in total. The van der Waals surface area contributed by atoms with Gasteiger partial charge < -0.3 is 24.2 Å². The number of nitrogens with zero attached hydrogens (tertiary/aromatic N) is 4. The highest BCUT2D eigenvalue weighted by Crippen LogP contribution is 2.52. The molecule has 0 bridgehead atoms. The fourth-order valence-electron chi connectivity index (χ4n) is 5.77. The van der Waals surface area contributed by atoms with Gasteiger partial charge in [-0.1, -0.05) is 29.8 Å². The van der Waals surface area contributed by atoms with Crippen molar-refractivity contribution < 1.29 is 51.3 Å². The molecule has 0 radical (unpaired) electrons. The number of carbonyl (C=O) groups is 1.